The lowest BCUT2D eigenvalue weighted by molar-refractivity contribution is 0.418. The predicted octanol–water partition coefficient (Wildman–Crippen LogP) is 1.75. The van der Waals surface area contributed by atoms with E-state index >= 15 is 0 Å². The maximum atomic E-state index is 12.5. The van der Waals surface area contributed by atoms with E-state index in [0.717, 1.165) is 37.9 Å². The Morgan fingerprint density at radius 1 is 1.35 bits per heavy atom. The van der Waals surface area contributed by atoms with Gasteiger partial charge in [-0.25, -0.2) is 13.4 Å². The molecule has 112 valence electrons. The molecular weight excluding hydrogens is 274 g/mol. The lowest BCUT2D eigenvalue weighted by Crippen LogP contribution is -2.33. The van der Waals surface area contributed by atoms with Gasteiger partial charge in [-0.15, -0.1) is 0 Å². The molecule has 0 aliphatic heterocycles. The molecule has 0 saturated heterocycles. The van der Waals surface area contributed by atoms with Gasteiger partial charge in [0.2, 0.25) is 0 Å². The highest BCUT2D eigenvalue weighted by Crippen LogP contribution is 2.31. The zero-order valence-corrected chi connectivity index (χ0v) is 13.0. The maximum absolute atomic E-state index is 12.5. The summed E-state index contributed by atoms with van der Waals surface area (Å²) >= 11 is 0. The fourth-order valence-corrected chi connectivity index (χ4v) is 3.79. The number of pyridine rings is 1. The summed E-state index contributed by atoms with van der Waals surface area (Å²) in [6, 6.07) is 3.63. The Bertz CT molecular complexity index is 524. The van der Waals surface area contributed by atoms with Gasteiger partial charge in [-0.3, -0.25) is 0 Å². The average Bonchev–Trinajstić information content (AvgIpc) is 3.25. The summed E-state index contributed by atoms with van der Waals surface area (Å²) in [5.74, 6) is 0. The van der Waals surface area contributed by atoms with E-state index in [-0.39, 0.29) is 11.1 Å². The molecule has 20 heavy (non-hydrogen) atoms. The molecule has 5 nitrogen and oxygen atoms in total. The van der Waals surface area contributed by atoms with Crippen molar-refractivity contribution >= 4 is 10.0 Å². The van der Waals surface area contributed by atoms with Crippen LogP contribution in [-0.2, 0) is 16.6 Å². The van der Waals surface area contributed by atoms with Crippen LogP contribution in [0.3, 0.4) is 0 Å². The van der Waals surface area contributed by atoms with Crippen molar-refractivity contribution in [2.45, 2.75) is 50.7 Å². The highest BCUT2D eigenvalue weighted by molar-refractivity contribution is 7.89. The van der Waals surface area contributed by atoms with Crippen molar-refractivity contribution in [3.05, 3.63) is 23.9 Å². The van der Waals surface area contributed by atoms with Crippen LogP contribution in [0.15, 0.2) is 23.4 Å². The maximum Gasteiger partial charge on any atom is 0.260 e. The Kier molecular flexibility index (Phi) is 5.12. The molecular formula is C14H23N3O2S. The van der Waals surface area contributed by atoms with Crippen LogP contribution in [0, 0.1) is 0 Å². The van der Waals surface area contributed by atoms with Gasteiger partial charge >= 0.3 is 0 Å². The predicted molar refractivity (Wildman–Crippen MR) is 78.8 cm³/mol. The molecule has 2 rings (SSSR count). The van der Waals surface area contributed by atoms with Crippen LogP contribution in [-0.4, -0.2) is 36.8 Å². The molecule has 1 aliphatic carbocycles. The molecule has 0 bridgehead atoms. The van der Waals surface area contributed by atoms with E-state index in [1.807, 2.05) is 13.0 Å². The molecule has 0 amide bonds. The fourth-order valence-electron chi connectivity index (χ4n) is 2.18. The zero-order chi connectivity index (χ0) is 14.6. The van der Waals surface area contributed by atoms with Gasteiger partial charge in [-0.2, -0.15) is 4.31 Å². The van der Waals surface area contributed by atoms with Gasteiger partial charge in [0.05, 0.1) is 0 Å². The molecule has 1 aromatic heterocycles. The molecule has 1 heterocycles. The summed E-state index contributed by atoms with van der Waals surface area (Å²) in [5.41, 5.74) is 1.01. The van der Waals surface area contributed by atoms with E-state index < -0.39 is 10.0 Å². The Balaban J connectivity index is 2.08. The Hall–Kier alpha value is -0.980. The number of nitrogens with zero attached hydrogens (tertiary/aromatic N) is 2. The van der Waals surface area contributed by atoms with Crippen molar-refractivity contribution in [3.8, 4) is 0 Å². The van der Waals surface area contributed by atoms with Crippen molar-refractivity contribution in [3.63, 3.8) is 0 Å². The molecule has 6 heteroatoms. The molecule has 1 aromatic rings. The van der Waals surface area contributed by atoms with Gasteiger partial charge in [0.15, 0.2) is 5.03 Å². The molecule has 1 saturated carbocycles. The topological polar surface area (TPSA) is 62.3 Å². The largest absolute Gasteiger partial charge is 0.313 e. The number of nitrogens with one attached hydrogen (secondary N) is 1. The van der Waals surface area contributed by atoms with Crippen LogP contribution in [0.1, 0.15) is 38.7 Å². The summed E-state index contributed by atoms with van der Waals surface area (Å²) in [6.45, 7) is 6.16. The molecule has 0 spiro atoms. The summed E-state index contributed by atoms with van der Waals surface area (Å²) < 4.78 is 26.5. The van der Waals surface area contributed by atoms with E-state index in [9.17, 15) is 8.42 Å². The third-order valence-corrected chi connectivity index (χ3v) is 5.34. The van der Waals surface area contributed by atoms with Gasteiger partial charge < -0.3 is 5.32 Å². The molecule has 1 fully saturated rings. The van der Waals surface area contributed by atoms with Gasteiger partial charge in [0.1, 0.15) is 0 Å². The SMILES string of the molecule is CCCNCc1ccc(S(=O)(=O)N(CC)C2CC2)nc1. The lowest BCUT2D eigenvalue weighted by atomic mass is 10.3. The highest BCUT2D eigenvalue weighted by Gasteiger charge is 2.37. The minimum absolute atomic E-state index is 0.158. The molecule has 0 aromatic carbocycles. The van der Waals surface area contributed by atoms with Crippen LogP contribution < -0.4 is 5.32 Å². The zero-order valence-electron chi connectivity index (χ0n) is 12.2. The van der Waals surface area contributed by atoms with Crippen LogP contribution in [0.4, 0.5) is 0 Å². The normalized spacial score (nSPS) is 15.8. The van der Waals surface area contributed by atoms with Gasteiger partial charge in [0.25, 0.3) is 10.0 Å². The summed E-state index contributed by atoms with van der Waals surface area (Å²) in [4.78, 5) is 4.14. The van der Waals surface area contributed by atoms with E-state index in [4.69, 9.17) is 0 Å². The Labute approximate surface area is 121 Å². The van der Waals surface area contributed by atoms with E-state index in [0.29, 0.717) is 6.54 Å². The van der Waals surface area contributed by atoms with E-state index in [2.05, 4.69) is 17.2 Å². The second-order valence-corrected chi connectivity index (χ2v) is 6.96. The van der Waals surface area contributed by atoms with Crippen LogP contribution in [0.2, 0.25) is 0 Å². The standard InChI is InChI=1S/C14H23N3O2S/c1-3-9-15-10-12-5-8-14(16-11-12)20(18,19)17(4-2)13-6-7-13/h5,8,11,13,15H,3-4,6-7,9-10H2,1-2H3. The van der Waals surface area contributed by atoms with Crippen molar-refractivity contribution < 1.29 is 8.42 Å². The monoisotopic (exact) mass is 297 g/mol. The third-order valence-electron chi connectivity index (χ3n) is 3.39. The van der Waals surface area contributed by atoms with Crippen molar-refractivity contribution in [1.29, 1.82) is 0 Å². The lowest BCUT2D eigenvalue weighted by Gasteiger charge is -2.19. The van der Waals surface area contributed by atoms with Crippen LogP contribution in [0.5, 0.6) is 0 Å². The van der Waals surface area contributed by atoms with E-state index in [1.54, 1.807) is 16.6 Å². The Morgan fingerprint density at radius 3 is 2.60 bits per heavy atom. The van der Waals surface area contributed by atoms with Crippen LogP contribution >= 0.6 is 0 Å². The molecule has 1 aliphatic rings. The van der Waals surface area contributed by atoms with Crippen molar-refractivity contribution in [1.82, 2.24) is 14.6 Å². The summed E-state index contributed by atoms with van der Waals surface area (Å²) in [6.07, 6.45) is 4.65. The quantitative estimate of drug-likeness (QED) is 0.743. The van der Waals surface area contributed by atoms with Gasteiger partial charge in [-0.1, -0.05) is 19.9 Å². The highest BCUT2D eigenvalue weighted by atomic mass is 32.2. The Morgan fingerprint density at radius 2 is 2.10 bits per heavy atom. The smallest absolute Gasteiger partial charge is 0.260 e. The minimum atomic E-state index is -3.43. The van der Waals surface area contributed by atoms with Gasteiger partial charge in [0, 0.05) is 25.3 Å². The fraction of sp³-hybridized carbons (Fsp3) is 0.643. The second kappa shape index (κ2) is 6.65. The summed E-state index contributed by atoms with van der Waals surface area (Å²) in [5, 5.41) is 3.43. The first-order valence-electron chi connectivity index (χ1n) is 7.27. The number of hydrogen-bond acceptors (Lipinski definition) is 4. The van der Waals surface area contributed by atoms with Gasteiger partial charge in [-0.05, 0) is 37.4 Å². The minimum Gasteiger partial charge on any atom is -0.313 e. The first kappa shape index (κ1) is 15.4. The molecule has 0 unspecified atom stereocenters. The summed E-state index contributed by atoms with van der Waals surface area (Å²) in [7, 11) is -3.43. The number of rotatable bonds is 8. The van der Waals surface area contributed by atoms with Crippen molar-refractivity contribution in [2.24, 2.45) is 0 Å². The first-order valence-corrected chi connectivity index (χ1v) is 8.71. The van der Waals surface area contributed by atoms with Crippen LogP contribution in [0.25, 0.3) is 0 Å². The third kappa shape index (κ3) is 3.56. The number of sulfonamides is 1. The molecule has 0 atom stereocenters. The molecule has 0 radical (unpaired) electrons. The average molecular weight is 297 g/mol. The number of hydrogen-bond donors (Lipinski definition) is 1. The molecule has 1 N–H and O–H groups in total. The number of aromatic nitrogens is 1. The first-order chi connectivity index (χ1) is 9.59. The van der Waals surface area contributed by atoms with E-state index in [1.165, 1.54) is 0 Å². The second-order valence-electron chi connectivity index (χ2n) is 5.12. The van der Waals surface area contributed by atoms with Crippen molar-refractivity contribution in [2.75, 3.05) is 13.1 Å².